The van der Waals surface area contributed by atoms with Crippen molar-refractivity contribution >= 4 is 11.9 Å². The fourth-order valence-electron chi connectivity index (χ4n) is 8.04. The number of carbonyl (C=O) groups excluding carboxylic acids is 2. The van der Waals surface area contributed by atoms with Crippen LogP contribution in [-0.2, 0) is 21.4 Å². The van der Waals surface area contributed by atoms with Crippen molar-refractivity contribution in [3.8, 4) is 23.3 Å². The smallest absolute Gasteiger partial charge is 0.308 e. The Balaban J connectivity index is 1.43. The van der Waals surface area contributed by atoms with Gasteiger partial charge in [0.05, 0.1) is 6.04 Å². The van der Waals surface area contributed by atoms with E-state index in [9.17, 15) is 9.59 Å². The lowest BCUT2D eigenvalue weighted by Gasteiger charge is -2.60. The summed E-state index contributed by atoms with van der Waals surface area (Å²) in [5.74, 6) is 7.80. The molecule has 0 unspecified atom stereocenters. The average molecular weight is 539 g/mol. The summed E-state index contributed by atoms with van der Waals surface area (Å²) < 4.78 is 12.6. The molecule has 4 aliphatic rings. The predicted molar refractivity (Wildman–Crippen MR) is 154 cm³/mol. The van der Waals surface area contributed by atoms with Crippen LogP contribution in [0.3, 0.4) is 0 Å². The van der Waals surface area contributed by atoms with Gasteiger partial charge in [-0.1, -0.05) is 44.0 Å². The summed E-state index contributed by atoms with van der Waals surface area (Å²) in [7, 11) is 0. The second-order valence-electron chi connectivity index (χ2n) is 12.1. The Morgan fingerprint density at radius 1 is 1.23 bits per heavy atom. The molecule has 5 atom stereocenters. The van der Waals surface area contributed by atoms with E-state index in [4.69, 9.17) is 9.47 Å². The van der Waals surface area contributed by atoms with Gasteiger partial charge in [0.25, 0.3) is 5.91 Å². The highest BCUT2D eigenvalue weighted by atomic mass is 16.5. The van der Waals surface area contributed by atoms with Gasteiger partial charge in [-0.05, 0) is 68.3 Å². The molecule has 2 heterocycles. The number of piperidine rings is 1. The molecule has 6 nitrogen and oxygen atoms in total. The van der Waals surface area contributed by atoms with E-state index in [1.807, 2.05) is 53.4 Å². The van der Waals surface area contributed by atoms with Crippen LogP contribution in [0.5, 0.6) is 11.5 Å². The maximum absolute atomic E-state index is 13.8. The number of hydrogen-bond acceptors (Lipinski definition) is 5. The predicted octanol–water partition coefficient (Wildman–Crippen LogP) is 4.74. The first-order valence-corrected chi connectivity index (χ1v) is 14.6. The Bertz CT molecular complexity index is 1390. The van der Waals surface area contributed by atoms with Crippen LogP contribution in [0.1, 0.15) is 56.7 Å². The maximum atomic E-state index is 13.8. The molecular weight excluding hydrogens is 500 g/mol. The molecule has 6 rings (SSSR count). The summed E-state index contributed by atoms with van der Waals surface area (Å²) in [4.78, 5) is 30.3. The van der Waals surface area contributed by atoms with Crippen molar-refractivity contribution in [1.82, 2.24) is 9.80 Å². The molecule has 2 fully saturated rings. The number of amides is 1. The van der Waals surface area contributed by atoms with E-state index in [1.165, 1.54) is 12.5 Å². The van der Waals surface area contributed by atoms with Crippen LogP contribution < -0.4 is 9.47 Å². The molecule has 0 aromatic heterocycles. The number of benzene rings is 2. The second kappa shape index (κ2) is 10.4. The van der Waals surface area contributed by atoms with Gasteiger partial charge in [-0.15, -0.1) is 6.58 Å². The topological polar surface area (TPSA) is 59.1 Å². The van der Waals surface area contributed by atoms with Crippen LogP contribution >= 0.6 is 0 Å². The number of esters is 1. The molecule has 6 heteroatoms. The summed E-state index contributed by atoms with van der Waals surface area (Å²) in [6, 6.07) is 13.7. The molecule has 2 aliphatic carbocycles. The molecule has 1 saturated heterocycles. The molecule has 0 N–H and O–H groups in total. The lowest BCUT2D eigenvalue weighted by atomic mass is 9.50. The molecule has 1 saturated carbocycles. The molecule has 40 heavy (non-hydrogen) atoms. The highest BCUT2D eigenvalue weighted by Crippen LogP contribution is 2.63. The van der Waals surface area contributed by atoms with Gasteiger partial charge in [-0.2, -0.15) is 0 Å². The molecular formula is C34H38N2O4. The van der Waals surface area contributed by atoms with Crippen molar-refractivity contribution in [3.63, 3.8) is 0 Å². The van der Waals surface area contributed by atoms with Gasteiger partial charge in [-0.3, -0.25) is 14.5 Å². The minimum absolute atomic E-state index is 0.0849. The van der Waals surface area contributed by atoms with Gasteiger partial charge in [0.2, 0.25) is 0 Å². The van der Waals surface area contributed by atoms with Crippen LogP contribution in [0.25, 0.3) is 0 Å². The van der Waals surface area contributed by atoms with E-state index in [2.05, 4.69) is 37.2 Å². The summed E-state index contributed by atoms with van der Waals surface area (Å²) in [6.07, 6.45) is 5.46. The first kappa shape index (κ1) is 26.7. The van der Waals surface area contributed by atoms with Crippen molar-refractivity contribution in [1.29, 1.82) is 0 Å². The normalized spacial score (nSPS) is 27.6. The molecule has 2 bridgehead atoms. The number of ether oxygens (including phenoxy) is 2. The molecule has 2 aromatic carbocycles. The van der Waals surface area contributed by atoms with Gasteiger partial charge < -0.3 is 14.4 Å². The van der Waals surface area contributed by atoms with Crippen LogP contribution in [0, 0.1) is 23.7 Å². The first-order valence-electron chi connectivity index (χ1n) is 14.6. The number of carbonyl (C=O) groups is 2. The monoisotopic (exact) mass is 538 g/mol. The van der Waals surface area contributed by atoms with E-state index in [0.29, 0.717) is 30.2 Å². The van der Waals surface area contributed by atoms with E-state index in [-0.39, 0.29) is 29.4 Å². The quantitative estimate of drug-likeness (QED) is 0.230. The third-order valence-corrected chi connectivity index (χ3v) is 9.33. The minimum Gasteiger partial charge on any atom is -0.487 e. The zero-order valence-electron chi connectivity index (χ0n) is 23.7. The number of likely N-dealkylation sites (tertiary alicyclic amines) is 1. The van der Waals surface area contributed by atoms with Crippen molar-refractivity contribution in [2.45, 2.75) is 70.1 Å². The molecule has 0 radical (unpaired) electrons. The number of nitrogens with zero attached hydrogens (tertiary/aromatic N) is 2. The van der Waals surface area contributed by atoms with E-state index in [0.717, 1.165) is 55.6 Å². The minimum atomic E-state index is -0.313. The average Bonchev–Trinajstić information content (AvgIpc) is 3.27. The van der Waals surface area contributed by atoms with Gasteiger partial charge in [0, 0.05) is 54.1 Å². The van der Waals surface area contributed by atoms with Gasteiger partial charge in [0.15, 0.2) is 0 Å². The van der Waals surface area contributed by atoms with Crippen molar-refractivity contribution < 1.29 is 19.1 Å². The van der Waals surface area contributed by atoms with Crippen molar-refractivity contribution in [2.75, 3.05) is 19.6 Å². The second-order valence-corrected chi connectivity index (χ2v) is 12.1. The molecule has 2 aromatic rings. The van der Waals surface area contributed by atoms with Gasteiger partial charge in [0.1, 0.15) is 17.6 Å². The highest BCUT2D eigenvalue weighted by Gasteiger charge is 2.66. The summed E-state index contributed by atoms with van der Waals surface area (Å²) in [5, 5.41) is 0. The summed E-state index contributed by atoms with van der Waals surface area (Å²) in [5.41, 5.74) is 2.91. The fourth-order valence-corrected chi connectivity index (χ4v) is 8.04. The zero-order valence-corrected chi connectivity index (χ0v) is 23.7. The lowest BCUT2D eigenvalue weighted by molar-refractivity contribution is -0.137. The Kier molecular flexibility index (Phi) is 6.96. The molecule has 208 valence electrons. The summed E-state index contributed by atoms with van der Waals surface area (Å²) in [6.45, 7) is 12.2. The lowest BCUT2D eigenvalue weighted by Crippen LogP contribution is -2.69. The molecule has 1 amide bonds. The Labute approximate surface area is 237 Å². The first-order chi connectivity index (χ1) is 19.3. The van der Waals surface area contributed by atoms with Crippen LogP contribution in [-0.4, -0.2) is 59.5 Å². The fraction of sp³-hybridized carbons (Fsp3) is 0.471. The third-order valence-electron chi connectivity index (χ3n) is 9.33. The third kappa shape index (κ3) is 4.32. The van der Waals surface area contributed by atoms with E-state index in [1.54, 1.807) is 0 Å². The van der Waals surface area contributed by atoms with E-state index < -0.39 is 0 Å². The van der Waals surface area contributed by atoms with E-state index >= 15 is 0 Å². The molecule has 1 spiro atoms. The Hall–Kier alpha value is -3.56. The van der Waals surface area contributed by atoms with Crippen LogP contribution in [0.4, 0.5) is 0 Å². The zero-order chi connectivity index (χ0) is 28.0. The number of hydrogen-bond donors (Lipinski definition) is 0. The Morgan fingerprint density at radius 2 is 2.02 bits per heavy atom. The van der Waals surface area contributed by atoms with Crippen LogP contribution in [0.2, 0.25) is 0 Å². The molecule has 2 aliphatic heterocycles. The van der Waals surface area contributed by atoms with Crippen molar-refractivity contribution in [3.05, 3.63) is 71.8 Å². The van der Waals surface area contributed by atoms with Gasteiger partial charge in [-0.25, -0.2) is 0 Å². The largest absolute Gasteiger partial charge is 0.487 e. The number of rotatable bonds is 6. The highest BCUT2D eigenvalue weighted by molar-refractivity contribution is 5.94. The Morgan fingerprint density at radius 3 is 2.75 bits per heavy atom. The SMILES string of the molecule is C=CCN1CC[C@@]23c4c5ccc(OC(C)=O)c4C[C@@H]1[C@@H]2CC[C@H](N(CC(C)C)C(=O)C#Cc1ccccc1)[C@@H]3O5. The van der Waals surface area contributed by atoms with Crippen LogP contribution in [0.15, 0.2) is 55.1 Å². The standard InChI is InChI=1S/C34H38N2O4/c1-5-18-35-19-17-34-26-12-13-27(36(21-22(2)3)31(38)16-11-24-9-7-6-8-10-24)33(34)40-30-15-14-29(39-23(4)37)25(32(30)34)20-28(26)35/h5-10,14-15,22,26-28,33H,1,12-13,17-21H2,2-4H3/t26-,27-,28+,33-,34-/m0/s1. The summed E-state index contributed by atoms with van der Waals surface area (Å²) >= 11 is 0. The van der Waals surface area contributed by atoms with Gasteiger partial charge >= 0.3 is 5.97 Å². The van der Waals surface area contributed by atoms with Crippen molar-refractivity contribution in [2.24, 2.45) is 11.8 Å². The maximum Gasteiger partial charge on any atom is 0.308 e.